The Morgan fingerprint density at radius 3 is 2.39 bits per heavy atom. The van der Waals surface area contributed by atoms with Crippen LogP contribution >= 0.6 is 23.2 Å². The molecule has 31 heavy (non-hydrogen) atoms. The monoisotopic (exact) mass is 482 g/mol. The van der Waals surface area contributed by atoms with Crippen LogP contribution in [0.2, 0.25) is 10.0 Å². The number of hydrogen-bond donors (Lipinski definition) is 1. The van der Waals surface area contributed by atoms with Gasteiger partial charge in [-0.25, -0.2) is 12.7 Å². The summed E-state index contributed by atoms with van der Waals surface area (Å²) >= 11 is 12.1. The summed E-state index contributed by atoms with van der Waals surface area (Å²) in [6.07, 6.45) is 2.93. The predicted molar refractivity (Wildman–Crippen MR) is 127 cm³/mol. The molecule has 0 bridgehead atoms. The van der Waals surface area contributed by atoms with Crippen LogP contribution in [0.5, 0.6) is 0 Å². The molecule has 1 N–H and O–H groups in total. The van der Waals surface area contributed by atoms with Gasteiger partial charge in [-0.05, 0) is 54.5 Å². The van der Waals surface area contributed by atoms with E-state index in [1.807, 2.05) is 18.2 Å². The van der Waals surface area contributed by atoms with E-state index in [-0.39, 0.29) is 24.1 Å². The SMILES string of the molecule is CCc1cccc(CC)c1NC(=O)C1CCCN(S(=O)(=O)Cc2ccc(Cl)cc2Cl)C1. The van der Waals surface area contributed by atoms with Crippen LogP contribution < -0.4 is 5.32 Å². The number of nitrogens with zero attached hydrogens (tertiary/aromatic N) is 1. The quantitative estimate of drug-likeness (QED) is 0.581. The predicted octanol–water partition coefficient (Wildman–Crippen LogP) is 5.30. The third kappa shape index (κ3) is 5.80. The molecule has 168 valence electrons. The van der Waals surface area contributed by atoms with Crippen molar-refractivity contribution in [2.75, 3.05) is 18.4 Å². The first-order valence-corrected chi connectivity index (χ1v) is 12.9. The number of nitrogens with one attached hydrogen (secondary N) is 1. The van der Waals surface area contributed by atoms with Crippen molar-refractivity contribution in [3.05, 3.63) is 63.1 Å². The molecule has 2 aromatic carbocycles. The highest BCUT2D eigenvalue weighted by Crippen LogP contribution is 2.28. The molecule has 1 unspecified atom stereocenters. The molecule has 1 atom stereocenters. The van der Waals surface area contributed by atoms with Gasteiger partial charge in [0.2, 0.25) is 15.9 Å². The Hall–Kier alpha value is -1.60. The topological polar surface area (TPSA) is 66.5 Å². The lowest BCUT2D eigenvalue weighted by Crippen LogP contribution is -2.44. The van der Waals surface area contributed by atoms with E-state index in [1.54, 1.807) is 12.1 Å². The van der Waals surface area contributed by atoms with Crippen molar-refractivity contribution in [3.8, 4) is 0 Å². The molecule has 1 amide bonds. The molecule has 0 radical (unpaired) electrons. The van der Waals surface area contributed by atoms with Gasteiger partial charge in [0.15, 0.2) is 0 Å². The number of halogens is 2. The molecule has 8 heteroatoms. The maximum Gasteiger partial charge on any atom is 0.228 e. The molecule has 1 aliphatic rings. The largest absolute Gasteiger partial charge is 0.325 e. The van der Waals surface area contributed by atoms with Crippen molar-refractivity contribution < 1.29 is 13.2 Å². The van der Waals surface area contributed by atoms with Crippen LogP contribution in [0.4, 0.5) is 5.69 Å². The Labute approximate surface area is 194 Å². The number of hydrogen-bond acceptors (Lipinski definition) is 3. The minimum absolute atomic E-state index is 0.125. The van der Waals surface area contributed by atoms with E-state index in [0.717, 1.165) is 29.7 Å². The number of sulfonamides is 1. The molecule has 0 spiro atoms. The molecular formula is C23H28Cl2N2O3S. The van der Waals surface area contributed by atoms with Crippen LogP contribution in [0, 0.1) is 5.92 Å². The molecule has 1 saturated heterocycles. The second-order valence-corrected chi connectivity index (χ2v) is 10.6. The number of piperidine rings is 1. The highest BCUT2D eigenvalue weighted by molar-refractivity contribution is 7.88. The smallest absolute Gasteiger partial charge is 0.228 e. The van der Waals surface area contributed by atoms with E-state index in [1.165, 1.54) is 10.4 Å². The molecule has 2 aromatic rings. The normalized spacial score (nSPS) is 17.5. The van der Waals surface area contributed by atoms with Crippen molar-refractivity contribution in [2.45, 2.75) is 45.3 Å². The van der Waals surface area contributed by atoms with Crippen LogP contribution in [0.3, 0.4) is 0 Å². The third-order valence-electron chi connectivity index (χ3n) is 5.75. The minimum atomic E-state index is -3.61. The lowest BCUT2D eigenvalue weighted by molar-refractivity contribution is -0.120. The molecule has 3 rings (SSSR count). The van der Waals surface area contributed by atoms with Gasteiger partial charge in [0.1, 0.15) is 0 Å². The summed E-state index contributed by atoms with van der Waals surface area (Å²) < 4.78 is 27.5. The van der Waals surface area contributed by atoms with Crippen molar-refractivity contribution in [1.29, 1.82) is 0 Å². The van der Waals surface area contributed by atoms with Gasteiger partial charge in [-0.2, -0.15) is 0 Å². The highest BCUT2D eigenvalue weighted by atomic mass is 35.5. The lowest BCUT2D eigenvalue weighted by Gasteiger charge is -2.31. The molecule has 5 nitrogen and oxygen atoms in total. The average Bonchev–Trinajstić information content (AvgIpc) is 2.76. The van der Waals surface area contributed by atoms with Gasteiger partial charge in [0, 0.05) is 28.8 Å². The highest BCUT2D eigenvalue weighted by Gasteiger charge is 2.33. The zero-order valence-electron chi connectivity index (χ0n) is 17.8. The van der Waals surface area contributed by atoms with Crippen LogP contribution in [0.25, 0.3) is 0 Å². The summed E-state index contributed by atoms with van der Waals surface area (Å²) in [5.74, 6) is -0.727. The molecule has 0 aromatic heterocycles. The van der Waals surface area contributed by atoms with Crippen molar-refractivity contribution in [2.24, 2.45) is 5.92 Å². The van der Waals surface area contributed by atoms with Gasteiger partial charge in [-0.1, -0.05) is 61.3 Å². The van der Waals surface area contributed by atoms with Crippen LogP contribution in [0.15, 0.2) is 36.4 Å². The number of benzene rings is 2. The summed E-state index contributed by atoms with van der Waals surface area (Å²) in [7, 11) is -3.61. The van der Waals surface area contributed by atoms with Gasteiger partial charge < -0.3 is 5.32 Å². The standard InChI is InChI=1S/C23H28Cl2N2O3S/c1-3-16-7-5-8-17(4-2)22(16)26-23(28)18-9-6-12-27(14-18)31(29,30)15-19-10-11-20(24)13-21(19)25/h5,7-8,10-11,13,18H,3-4,6,9,12,14-15H2,1-2H3,(H,26,28). The molecule has 0 saturated carbocycles. The number of carbonyl (C=O) groups excluding carboxylic acids is 1. The summed E-state index contributed by atoms with van der Waals surface area (Å²) in [6.45, 7) is 4.70. The summed E-state index contributed by atoms with van der Waals surface area (Å²) in [5, 5.41) is 3.87. The van der Waals surface area contributed by atoms with Crippen molar-refractivity contribution in [3.63, 3.8) is 0 Å². The average molecular weight is 483 g/mol. The molecular weight excluding hydrogens is 455 g/mol. The van der Waals surface area contributed by atoms with E-state index in [0.29, 0.717) is 35.0 Å². The van der Waals surface area contributed by atoms with Gasteiger partial charge in [-0.15, -0.1) is 0 Å². The Bertz CT molecular complexity index is 1030. The Morgan fingerprint density at radius 2 is 1.77 bits per heavy atom. The first-order chi connectivity index (χ1) is 14.7. The number of aryl methyl sites for hydroxylation is 2. The fourth-order valence-electron chi connectivity index (χ4n) is 3.96. The lowest BCUT2D eigenvalue weighted by atomic mass is 9.97. The van der Waals surface area contributed by atoms with E-state index in [4.69, 9.17) is 23.2 Å². The fourth-order valence-corrected chi connectivity index (χ4v) is 6.16. The van der Waals surface area contributed by atoms with Crippen LogP contribution in [0.1, 0.15) is 43.4 Å². The summed E-state index contributed by atoms with van der Waals surface area (Å²) in [6, 6.07) is 10.8. The molecule has 0 aliphatic carbocycles. The third-order valence-corrected chi connectivity index (χ3v) is 8.13. The summed E-state index contributed by atoms with van der Waals surface area (Å²) in [4.78, 5) is 13.1. The second-order valence-electron chi connectivity index (χ2n) is 7.84. The first kappa shape index (κ1) is 24.1. The summed E-state index contributed by atoms with van der Waals surface area (Å²) in [5.41, 5.74) is 3.54. The van der Waals surface area contributed by atoms with E-state index < -0.39 is 10.0 Å². The number of rotatable bonds is 7. The molecule has 1 heterocycles. The number of para-hydroxylation sites is 1. The van der Waals surface area contributed by atoms with Gasteiger partial charge in [0.05, 0.1) is 11.7 Å². The van der Waals surface area contributed by atoms with E-state index >= 15 is 0 Å². The number of carbonyl (C=O) groups is 1. The molecule has 1 fully saturated rings. The number of amides is 1. The maximum absolute atomic E-state index is 13.1. The van der Waals surface area contributed by atoms with E-state index in [9.17, 15) is 13.2 Å². The van der Waals surface area contributed by atoms with Crippen LogP contribution in [-0.2, 0) is 33.4 Å². The second kappa shape index (κ2) is 10.3. The van der Waals surface area contributed by atoms with Gasteiger partial charge in [0.25, 0.3) is 0 Å². The zero-order valence-corrected chi connectivity index (χ0v) is 20.2. The Kier molecular flexibility index (Phi) is 8.03. The fraction of sp³-hybridized carbons (Fsp3) is 0.435. The van der Waals surface area contributed by atoms with Crippen LogP contribution in [-0.4, -0.2) is 31.7 Å². The van der Waals surface area contributed by atoms with Gasteiger partial charge >= 0.3 is 0 Å². The Morgan fingerprint density at radius 1 is 1.10 bits per heavy atom. The van der Waals surface area contributed by atoms with E-state index in [2.05, 4.69) is 19.2 Å². The molecule has 1 aliphatic heterocycles. The number of anilines is 1. The minimum Gasteiger partial charge on any atom is -0.325 e. The Balaban J connectivity index is 1.73. The van der Waals surface area contributed by atoms with Crippen molar-refractivity contribution in [1.82, 2.24) is 4.31 Å². The van der Waals surface area contributed by atoms with Crippen molar-refractivity contribution >= 4 is 44.8 Å². The van der Waals surface area contributed by atoms with Gasteiger partial charge in [-0.3, -0.25) is 4.79 Å². The zero-order chi connectivity index (χ0) is 22.6. The first-order valence-electron chi connectivity index (χ1n) is 10.6. The maximum atomic E-state index is 13.1.